The zero-order chi connectivity index (χ0) is 14.8. The summed E-state index contributed by atoms with van der Waals surface area (Å²) in [7, 11) is 0. The van der Waals surface area contributed by atoms with Crippen molar-refractivity contribution in [2.24, 2.45) is 0 Å². The third-order valence-corrected chi connectivity index (χ3v) is 3.76. The van der Waals surface area contributed by atoms with Crippen LogP contribution in [0.15, 0.2) is 36.5 Å². The summed E-state index contributed by atoms with van der Waals surface area (Å²) in [6, 6.07) is 9.27. The van der Waals surface area contributed by atoms with E-state index in [2.05, 4.69) is 10.3 Å². The van der Waals surface area contributed by atoms with Crippen LogP contribution >= 0.6 is 0 Å². The van der Waals surface area contributed by atoms with Gasteiger partial charge in [0, 0.05) is 18.4 Å². The standard InChI is InChI=1S/C16H17N3O2/c1-2-13-16(21)19(8-7-15(20)18-13)12-9-11-5-3-4-6-14(11)17-10-12/h3-6,9-10,13H,2,7-8H2,1H3,(H,18,20). The van der Waals surface area contributed by atoms with Gasteiger partial charge in [-0.05, 0) is 18.6 Å². The SMILES string of the molecule is CCC1NC(=O)CCN(c2cnc3ccccc3c2)C1=O. The molecule has 3 rings (SSSR count). The molecule has 2 amide bonds. The van der Waals surface area contributed by atoms with Crippen LogP contribution in [0.3, 0.4) is 0 Å². The Morgan fingerprint density at radius 1 is 1.33 bits per heavy atom. The van der Waals surface area contributed by atoms with Crippen molar-refractivity contribution in [1.29, 1.82) is 0 Å². The smallest absolute Gasteiger partial charge is 0.249 e. The molecular formula is C16H17N3O2. The lowest BCUT2D eigenvalue weighted by Gasteiger charge is -2.23. The Labute approximate surface area is 123 Å². The van der Waals surface area contributed by atoms with Gasteiger partial charge < -0.3 is 10.2 Å². The minimum Gasteiger partial charge on any atom is -0.344 e. The van der Waals surface area contributed by atoms with Gasteiger partial charge in [0.1, 0.15) is 6.04 Å². The van der Waals surface area contributed by atoms with Crippen molar-refractivity contribution in [2.45, 2.75) is 25.8 Å². The second kappa shape index (κ2) is 5.52. The van der Waals surface area contributed by atoms with E-state index in [1.165, 1.54) is 0 Å². The molecule has 0 spiro atoms. The number of hydrogen-bond donors (Lipinski definition) is 1. The van der Waals surface area contributed by atoms with E-state index in [0.717, 1.165) is 16.6 Å². The molecule has 1 fully saturated rings. The molecule has 1 atom stereocenters. The Kier molecular flexibility index (Phi) is 3.56. The van der Waals surface area contributed by atoms with Crippen LogP contribution in [0.1, 0.15) is 19.8 Å². The zero-order valence-corrected chi connectivity index (χ0v) is 11.9. The second-order valence-electron chi connectivity index (χ2n) is 5.15. The highest BCUT2D eigenvalue weighted by Gasteiger charge is 2.29. The molecule has 1 aromatic heterocycles. The van der Waals surface area contributed by atoms with E-state index in [1.807, 2.05) is 37.3 Å². The van der Waals surface area contributed by atoms with Gasteiger partial charge in [-0.15, -0.1) is 0 Å². The van der Waals surface area contributed by atoms with Gasteiger partial charge in [-0.2, -0.15) is 0 Å². The number of hydrogen-bond acceptors (Lipinski definition) is 3. The fraction of sp³-hybridized carbons (Fsp3) is 0.312. The van der Waals surface area contributed by atoms with E-state index < -0.39 is 6.04 Å². The summed E-state index contributed by atoms with van der Waals surface area (Å²) in [4.78, 5) is 30.3. The van der Waals surface area contributed by atoms with Crippen LogP contribution in [0, 0.1) is 0 Å². The number of para-hydroxylation sites is 1. The molecule has 1 aliphatic rings. The molecule has 1 aliphatic heterocycles. The molecule has 2 aromatic rings. The Morgan fingerprint density at radius 3 is 2.95 bits per heavy atom. The van der Waals surface area contributed by atoms with Crippen molar-refractivity contribution in [1.82, 2.24) is 10.3 Å². The average Bonchev–Trinajstić information content (AvgIpc) is 2.66. The average molecular weight is 283 g/mol. The van der Waals surface area contributed by atoms with Crippen molar-refractivity contribution in [3.8, 4) is 0 Å². The van der Waals surface area contributed by atoms with E-state index >= 15 is 0 Å². The summed E-state index contributed by atoms with van der Waals surface area (Å²) < 4.78 is 0. The van der Waals surface area contributed by atoms with E-state index in [4.69, 9.17) is 0 Å². The molecule has 108 valence electrons. The maximum atomic E-state index is 12.5. The van der Waals surface area contributed by atoms with E-state index in [9.17, 15) is 9.59 Å². The minimum atomic E-state index is -0.452. The number of rotatable bonds is 2. The van der Waals surface area contributed by atoms with Crippen LogP contribution in [0.5, 0.6) is 0 Å². The van der Waals surface area contributed by atoms with Gasteiger partial charge in [0.2, 0.25) is 11.8 Å². The van der Waals surface area contributed by atoms with E-state index in [0.29, 0.717) is 19.4 Å². The molecule has 1 saturated heterocycles. The summed E-state index contributed by atoms with van der Waals surface area (Å²) in [5, 5.41) is 3.75. The Balaban J connectivity index is 1.99. The topological polar surface area (TPSA) is 62.3 Å². The molecule has 5 nitrogen and oxygen atoms in total. The molecule has 1 N–H and O–H groups in total. The fourth-order valence-electron chi connectivity index (χ4n) is 2.58. The maximum absolute atomic E-state index is 12.5. The lowest BCUT2D eigenvalue weighted by atomic mass is 10.1. The number of carbonyl (C=O) groups excluding carboxylic acids is 2. The molecule has 0 aliphatic carbocycles. The maximum Gasteiger partial charge on any atom is 0.249 e. The van der Waals surface area contributed by atoms with Crippen LogP contribution in [-0.4, -0.2) is 29.4 Å². The first-order valence-electron chi connectivity index (χ1n) is 7.14. The third kappa shape index (κ3) is 2.59. The number of aromatic nitrogens is 1. The van der Waals surface area contributed by atoms with Crippen molar-refractivity contribution in [3.05, 3.63) is 36.5 Å². The first kappa shape index (κ1) is 13.5. The number of amides is 2. The predicted octanol–water partition coefficient (Wildman–Crippen LogP) is 1.87. The molecule has 5 heteroatoms. The first-order chi connectivity index (χ1) is 10.2. The summed E-state index contributed by atoms with van der Waals surface area (Å²) in [6.07, 6.45) is 2.60. The largest absolute Gasteiger partial charge is 0.344 e. The summed E-state index contributed by atoms with van der Waals surface area (Å²) >= 11 is 0. The lowest BCUT2D eigenvalue weighted by molar-refractivity contribution is -0.125. The molecule has 21 heavy (non-hydrogen) atoms. The zero-order valence-electron chi connectivity index (χ0n) is 11.9. The molecule has 0 bridgehead atoms. The normalized spacial score (nSPS) is 19.5. The van der Waals surface area contributed by atoms with E-state index in [-0.39, 0.29) is 11.8 Å². The minimum absolute atomic E-state index is 0.0690. The van der Waals surface area contributed by atoms with Gasteiger partial charge in [0.25, 0.3) is 0 Å². The number of carbonyl (C=O) groups is 2. The number of fused-ring (bicyclic) bond motifs is 1. The Hall–Kier alpha value is -2.43. The van der Waals surface area contributed by atoms with Crippen molar-refractivity contribution in [3.63, 3.8) is 0 Å². The molecule has 0 radical (unpaired) electrons. The summed E-state index contributed by atoms with van der Waals surface area (Å²) in [5.41, 5.74) is 1.64. The number of nitrogens with zero attached hydrogens (tertiary/aromatic N) is 2. The molecule has 0 saturated carbocycles. The second-order valence-corrected chi connectivity index (χ2v) is 5.15. The van der Waals surface area contributed by atoms with Crippen LogP contribution in [0.4, 0.5) is 5.69 Å². The molecule has 2 heterocycles. The summed E-state index contributed by atoms with van der Waals surface area (Å²) in [6.45, 7) is 2.28. The number of anilines is 1. The first-order valence-corrected chi connectivity index (χ1v) is 7.14. The van der Waals surface area contributed by atoms with Gasteiger partial charge in [0.15, 0.2) is 0 Å². The monoisotopic (exact) mass is 283 g/mol. The van der Waals surface area contributed by atoms with Crippen LogP contribution in [-0.2, 0) is 9.59 Å². The highest BCUT2D eigenvalue weighted by molar-refractivity contribution is 6.02. The quantitative estimate of drug-likeness (QED) is 0.915. The molecular weight excluding hydrogens is 266 g/mol. The predicted molar refractivity (Wildman–Crippen MR) is 80.9 cm³/mol. The Bertz CT molecular complexity index is 699. The van der Waals surface area contributed by atoms with Crippen LogP contribution in [0.2, 0.25) is 0 Å². The number of benzene rings is 1. The number of pyridine rings is 1. The van der Waals surface area contributed by atoms with Crippen molar-refractivity contribution >= 4 is 28.4 Å². The third-order valence-electron chi connectivity index (χ3n) is 3.76. The van der Waals surface area contributed by atoms with Gasteiger partial charge >= 0.3 is 0 Å². The van der Waals surface area contributed by atoms with Gasteiger partial charge in [-0.3, -0.25) is 14.6 Å². The van der Waals surface area contributed by atoms with E-state index in [1.54, 1.807) is 11.1 Å². The lowest BCUT2D eigenvalue weighted by Crippen LogP contribution is -2.44. The highest BCUT2D eigenvalue weighted by Crippen LogP contribution is 2.22. The van der Waals surface area contributed by atoms with Crippen LogP contribution in [0.25, 0.3) is 10.9 Å². The fourth-order valence-corrected chi connectivity index (χ4v) is 2.58. The molecule has 1 unspecified atom stereocenters. The Morgan fingerprint density at radius 2 is 2.14 bits per heavy atom. The van der Waals surface area contributed by atoms with Gasteiger partial charge in [-0.25, -0.2) is 0 Å². The highest BCUT2D eigenvalue weighted by atomic mass is 16.2. The number of nitrogens with one attached hydrogen (secondary N) is 1. The van der Waals surface area contributed by atoms with Gasteiger partial charge in [-0.1, -0.05) is 25.1 Å². The van der Waals surface area contributed by atoms with Crippen LogP contribution < -0.4 is 10.2 Å². The van der Waals surface area contributed by atoms with Crippen molar-refractivity contribution in [2.75, 3.05) is 11.4 Å². The molecule has 1 aromatic carbocycles. The van der Waals surface area contributed by atoms with Crippen molar-refractivity contribution < 1.29 is 9.59 Å². The van der Waals surface area contributed by atoms with Gasteiger partial charge in [0.05, 0.1) is 17.4 Å². The summed E-state index contributed by atoms with van der Waals surface area (Å²) in [5.74, 6) is -0.146.